The SMILES string of the molecule is CCCCC1(CCCC)CN(c2ccccc2)c2cc(SC)c(O/C=C(\F)C(=O)O)cc2SN1C. The van der Waals surface area contributed by atoms with Gasteiger partial charge in [-0.2, -0.15) is 4.39 Å². The summed E-state index contributed by atoms with van der Waals surface area (Å²) in [4.78, 5) is 15.1. The van der Waals surface area contributed by atoms with Crippen LogP contribution in [0.1, 0.15) is 52.4 Å². The van der Waals surface area contributed by atoms with E-state index in [0.29, 0.717) is 12.0 Å². The van der Waals surface area contributed by atoms with Crippen LogP contribution in [0.15, 0.2) is 64.3 Å². The Bertz CT molecular complexity index is 1020. The largest absolute Gasteiger partial charge is 0.476 e. The van der Waals surface area contributed by atoms with Crippen molar-refractivity contribution in [2.75, 3.05) is 24.7 Å². The van der Waals surface area contributed by atoms with Crippen LogP contribution in [0, 0.1) is 0 Å². The average Bonchev–Trinajstić information content (AvgIpc) is 2.98. The second-order valence-corrected chi connectivity index (χ2v) is 10.8. The summed E-state index contributed by atoms with van der Waals surface area (Å²) in [5.74, 6) is -2.54. The minimum absolute atomic E-state index is 0.0264. The number of carboxylic acid groups (broad SMARTS) is 1. The number of hydrogen-bond acceptors (Lipinski definition) is 6. The number of ether oxygens (including phenoxy) is 1. The third kappa shape index (κ3) is 6.54. The van der Waals surface area contributed by atoms with Crippen molar-refractivity contribution >= 4 is 41.1 Å². The number of unbranched alkanes of at least 4 members (excludes halogenated alkanes) is 2. The van der Waals surface area contributed by atoms with Crippen molar-refractivity contribution < 1.29 is 19.0 Å². The van der Waals surface area contributed by atoms with Crippen LogP contribution in [0.5, 0.6) is 5.75 Å². The van der Waals surface area contributed by atoms with Crippen molar-refractivity contribution in [1.29, 1.82) is 0 Å². The number of rotatable bonds is 11. The topological polar surface area (TPSA) is 53.0 Å². The van der Waals surface area contributed by atoms with E-state index in [4.69, 9.17) is 9.84 Å². The molecule has 2 aromatic carbocycles. The number of anilines is 2. The number of carbonyl (C=O) groups is 1. The first-order valence-electron chi connectivity index (χ1n) is 12.1. The summed E-state index contributed by atoms with van der Waals surface area (Å²) in [5.41, 5.74) is 2.17. The minimum Gasteiger partial charge on any atom is -0.476 e. The Morgan fingerprint density at radius 2 is 1.86 bits per heavy atom. The van der Waals surface area contributed by atoms with Crippen molar-refractivity contribution in [1.82, 2.24) is 4.31 Å². The fourth-order valence-electron chi connectivity index (χ4n) is 4.40. The molecule has 2 aromatic rings. The molecule has 0 spiro atoms. The molecule has 0 aromatic heterocycles. The molecule has 1 heterocycles. The Labute approximate surface area is 216 Å². The third-order valence-corrected chi connectivity index (χ3v) is 8.39. The highest BCUT2D eigenvalue weighted by atomic mass is 32.2. The van der Waals surface area contributed by atoms with E-state index in [9.17, 15) is 9.18 Å². The van der Waals surface area contributed by atoms with Crippen LogP contribution in [0.25, 0.3) is 0 Å². The average molecular weight is 519 g/mol. The van der Waals surface area contributed by atoms with E-state index in [1.807, 2.05) is 18.4 Å². The summed E-state index contributed by atoms with van der Waals surface area (Å²) in [5, 5.41) is 8.86. The zero-order valence-corrected chi connectivity index (χ0v) is 22.6. The van der Waals surface area contributed by atoms with Crippen molar-refractivity contribution in [3.05, 3.63) is 54.6 Å². The second kappa shape index (κ2) is 12.7. The molecule has 0 unspecified atom stereocenters. The maximum absolute atomic E-state index is 13.6. The lowest BCUT2D eigenvalue weighted by molar-refractivity contribution is -0.134. The van der Waals surface area contributed by atoms with Crippen LogP contribution < -0.4 is 9.64 Å². The maximum Gasteiger partial charge on any atom is 0.368 e. The molecule has 0 saturated carbocycles. The third-order valence-electron chi connectivity index (χ3n) is 6.44. The number of aliphatic carboxylic acids is 1. The van der Waals surface area contributed by atoms with Crippen molar-refractivity contribution in [2.24, 2.45) is 0 Å². The first-order chi connectivity index (χ1) is 16.8. The van der Waals surface area contributed by atoms with E-state index in [2.05, 4.69) is 60.4 Å². The van der Waals surface area contributed by atoms with Gasteiger partial charge in [-0.3, -0.25) is 0 Å². The molecule has 0 bridgehead atoms. The highest BCUT2D eigenvalue weighted by Crippen LogP contribution is 2.49. The Morgan fingerprint density at radius 1 is 1.20 bits per heavy atom. The molecule has 0 aliphatic carbocycles. The van der Waals surface area contributed by atoms with E-state index in [1.165, 1.54) is 11.8 Å². The molecule has 1 N–H and O–H groups in total. The number of hydrogen-bond donors (Lipinski definition) is 1. The molecule has 0 saturated heterocycles. The lowest BCUT2D eigenvalue weighted by Crippen LogP contribution is -2.49. The van der Waals surface area contributed by atoms with Gasteiger partial charge in [0.15, 0.2) is 0 Å². The zero-order chi connectivity index (χ0) is 25.4. The minimum atomic E-state index is -1.65. The van der Waals surface area contributed by atoms with Crippen molar-refractivity contribution in [3.8, 4) is 5.75 Å². The predicted molar refractivity (Wildman–Crippen MR) is 145 cm³/mol. The molecule has 0 amide bonds. The van der Waals surface area contributed by atoms with Crippen LogP contribution in [0.4, 0.5) is 15.8 Å². The van der Waals surface area contributed by atoms with Gasteiger partial charge < -0.3 is 14.7 Å². The Hall–Kier alpha value is -2.16. The molecule has 190 valence electrons. The van der Waals surface area contributed by atoms with E-state index in [1.54, 1.807) is 11.9 Å². The van der Waals surface area contributed by atoms with Gasteiger partial charge in [-0.1, -0.05) is 57.7 Å². The number of likely N-dealkylation sites (N-methyl/N-ethyl adjacent to an activating group) is 1. The van der Waals surface area contributed by atoms with Gasteiger partial charge in [0.2, 0.25) is 5.83 Å². The van der Waals surface area contributed by atoms with E-state index in [0.717, 1.165) is 66.2 Å². The Kier molecular flexibility index (Phi) is 9.95. The molecule has 1 aliphatic rings. The Morgan fingerprint density at radius 3 is 2.43 bits per heavy atom. The molecule has 0 radical (unpaired) electrons. The fraction of sp³-hybridized carbons (Fsp3) is 0.444. The fourth-order valence-corrected chi connectivity index (χ4v) is 6.09. The number of para-hydroxylation sites is 1. The number of benzene rings is 2. The molecule has 3 rings (SSSR count). The molecular weight excluding hydrogens is 483 g/mol. The van der Waals surface area contributed by atoms with Crippen LogP contribution in [-0.4, -0.2) is 40.8 Å². The van der Waals surface area contributed by atoms with Crippen LogP contribution in [0.2, 0.25) is 0 Å². The molecule has 5 nitrogen and oxygen atoms in total. The smallest absolute Gasteiger partial charge is 0.368 e. The number of nitrogens with zero attached hydrogens (tertiary/aromatic N) is 2. The lowest BCUT2D eigenvalue weighted by atomic mass is 9.86. The molecular formula is C27H35FN2O3S2. The molecule has 8 heteroatoms. The van der Waals surface area contributed by atoms with Crippen LogP contribution >= 0.6 is 23.7 Å². The summed E-state index contributed by atoms with van der Waals surface area (Å²) < 4.78 is 21.6. The molecule has 35 heavy (non-hydrogen) atoms. The maximum atomic E-state index is 13.6. The normalized spacial score (nSPS) is 16.0. The van der Waals surface area contributed by atoms with Gasteiger partial charge >= 0.3 is 5.97 Å². The van der Waals surface area contributed by atoms with Crippen LogP contribution in [-0.2, 0) is 4.79 Å². The highest BCUT2D eigenvalue weighted by molar-refractivity contribution is 7.98. The van der Waals surface area contributed by atoms with Gasteiger partial charge in [-0.05, 0) is 62.4 Å². The van der Waals surface area contributed by atoms with Gasteiger partial charge in [0, 0.05) is 17.8 Å². The monoisotopic (exact) mass is 518 g/mol. The second-order valence-electron chi connectivity index (χ2n) is 8.80. The highest BCUT2D eigenvalue weighted by Gasteiger charge is 2.40. The number of fused-ring (bicyclic) bond motifs is 1. The first-order valence-corrected chi connectivity index (χ1v) is 14.1. The summed E-state index contributed by atoms with van der Waals surface area (Å²) in [6.07, 6.45) is 9.36. The first kappa shape index (κ1) is 27.4. The number of carboxylic acids is 1. The standard InChI is InChI=1S/C27H35FN2O3S2/c1-5-7-14-27(15-8-6-2)19-30(20-12-10-9-11-13-20)22-16-25(34-4)23(17-24(22)35-29(27)3)33-18-21(28)26(31)32/h9-13,16-18H,5-8,14-15,19H2,1-4H3,(H,31,32)/b21-18-. The van der Waals surface area contributed by atoms with Gasteiger partial charge in [0.05, 0.1) is 15.5 Å². The predicted octanol–water partition coefficient (Wildman–Crippen LogP) is 7.89. The van der Waals surface area contributed by atoms with Crippen molar-refractivity contribution in [3.63, 3.8) is 0 Å². The summed E-state index contributed by atoms with van der Waals surface area (Å²) >= 11 is 3.17. The lowest BCUT2D eigenvalue weighted by Gasteiger charge is -2.42. The van der Waals surface area contributed by atoms with Gasteiger partial charge in [0.25, 0.3) is 0 Å². The summed E-state index contributed by atoms with van der Waals surface area (Å²) in [6.45, 7) is 5.33. The van der Waals surface area contributed by atoms with E-state index in [-0.39, 0.29) is 5.54 Å². The zero-order valence-electron chi connectivity index (χ0n) is 20.9. The van der Waals surface area contributed by atoms with Crippen molar-refractivity contribution in [2.45, 2.75) is 67.7 Å². The molecule has 1 aliphatic heterocycles. The van der Waals surface area contributed by atoms with Crippen LogP contribution in [0.3, 0.4) is 0 Å². The number of thioether (sulfide) groups is 1. The molecule has 0 fully saturated rings. The summed E-state index contributed by atoms with van der Waals surface area (Å²) in [7, 11) is 2.17. The van der Waals surface area contributed by atoms with E-state index >= 15 is 0 Å². The van der Waals surface area contributed by atoms with E-state index < -0.39 is 11.8 Å². The molecule has 0 atom stereocenters. The van der Waals surface area contributed by atoms with Gasteiger partial charge in [-0.15, -0.1) is 11.8 Å². The summed E-state index contributed by atoms with van der Waals surface area (Å²) in [6, 6.07) is 14.4. The van der Waals surface area contributed by atoms with Gasteiger partial charge in [-0.25, -0.2) is 9.10 Å². The van der Waals surface area contributed by atoms with Gasteiger partial charge in [0.1, 0.15) is 12.0 Å². The number of halogens is 1. The quantitative estimate of drug-likeness (QED) is 0.140. The Balaban J connectivity index is 2.14.